The highest BCUT2D eigenvalue weighted by Crippen LogP contribution is 2.37. The van der Waals surface area contributed by atoms with Crippen LogP contribution < -0.4 is 5.73 Å². The van der Waals surface area contributed by atoms with Gasteiger partial charge in [0, 0.05) is 5.54 Å². The van der Waals surface area contributed by atoms with Gasteiger partial charge in [-0.1, -0.05) is 12.1 Å². The van der Waals surface area contributed by atoms with E-state index in [9.17, 15) is 27.9 Å². The molecule has 1 aromatic carbocycles. The lowest BCUT2D eigenvalue weighted by molar-refractivity contribution is -0.138. The van der Waals surface area contributed by atoms with Crippen LogP contribution >= 0.6 is 0 Å². The molecule has 1 aromatic rings. The molecule has 8 heteroatoms. The first-order chi connectivity index (χ1) is 10.2. The Labute approximate surface area is 131 Å². The zero-order chi connectivity index (χ0) is 18.2. The maximum absolute atomic E-state index is 12.9. The normalized spacial score (nSPS) is 14.9. The number of hydrogen-bond donors (Lipinski definition) is 2. The van der Waals surface area contributed by atoms with Gasteiger partial charge in [-0.15, -0.1) is 0 Å². The fourth-order valence-electron chi connectivity index (χ4n) is 2.53. The van der Waals surface area contributed by atoms with E-state index < -0.39 is 34.8 Å². The van der Waals surface area contributed by atoms with E-state index in [0.29, 0.717) is 0 Å². The molecule has 0 aliphatic heterocycles. The first-order valence-electron chi connectivity index (χ1n) is 6.73. The quantitative estimate of drug-likeness (QED) is 0.891. The van der Waals surface area contributed by atoms with Crippen LogP contribution in [-0.2, 0) is 16.5 Å². The Morgan fingerprint density at radius 3 is 1.91 bits per heavy atom. The lowest BCUT2D eigenvalue weighted by Crippen LogP contribution is -2.61. The predicted molar refractivity (Wildman–Crippen MR) is 77.6 cm³/mol. The Hall–Kier alpha value is -2.25. The summed E-state index contributed by atoms with van der Waals surface area (Å²) in [5, 5.41) is 9.48. The van der Waals surface area contributed by atoms with Crippen molar-refractivity contribution in [1.29, 1.82) is 0 Å². The van der Waals surface area contributed by atoms with Gasteiger partial charge in [0.15, 0.2) is 0 Å². The van der Waals surface area contributed by atoms with E-state index in [2.05, 4.69) is 0 Å². The van der Waals surface area contributed by atoms with E-state index in [-0.39, 0.29) is 5.56 Å². The Kier molecular flexibility index (Phi) is 4.70. The molecule has 1 rings (SSSR count). The van der Waals surface area contributed by atoms with Crippen molar-refractivity contribution in [2.75, 3.05) is 0 Å². The Morgan fingerprint density at radius 2 is 1.57 bits per heavy atom. The molecule has 0 aromatic heterocycles. The van der Waals surface area contributed by atoms with E-state index >= 15 is 0 Å². The highest BCUT2D eigenvalue weighted by molar-refractivity contribution is 5.89. The third-order valence-electron chi connectivity index (χ3n) is 3.54. The first-order valence-corrected chi connectivity index (χ1v) is 6.73. The number of rotatable bonds is 3. The molecule has 0 radical (unpaired) electrons. The average Bonchev–Trinajstić information content (AvgIpc) is 2.35. The fourth-order valence-corrected chi connectivity index (χ4v) is 2.53. The second kappa shape index (κ2) is 5.75. The molecule has 128 valence electrons. The molecule has 3 N–H and O–H groups in total. The molecule has 23 heavy (non-hydrogen) atoms. The van der Waals surface area contributed by atoms with E-state index in [4.69, 9.17) is 5.73 Å². The number of primary amides is 1. The predicted octanol–water partition coefficient (Wildman–Crippen LogP) is 3.18. The molecule has 0 aliphatic carbocycles. The molecule has 0 aliphatic rings. The van der Waals surface area contributed by atoms with Crippen LogP contribution in [0.2, 0.25) is 0 Å². The molecule has 0 spiro atoms. The van der Waals surface area contributed by atoms with Crippen LogP contribution in [0.1, 0.15) is 38.8 Å². The number of nitrogens with zero attached hydrogens (tertiary/aromatic N) is 1. The maximum Gasteiger partial charge on any atom is 0.416 e. The SMILES string of the molecule is CC(C)(C)N(C(=O)O)[C@](C)(C(N)=O)c1cccc(C(F)(F)F)c1. The third-order valence-corrected chi connectivity index (χ3v) is 3.54. The van der Waals surface area contributed by atoms with Crippen molar-refractivity contribution in [2.24, 2.45) is 5.73 Å². The van der Waals surface area contributed by atoms with Crippen molar-refractivity contribution >= 4 is 12.0 Å². The van der Waals surface area contributed by atoms with Gasteiger partial charge in [0.2, 0.25) is 5.91 Å². The molecular weight excluding hydrogens is 313 g/mol. The van der Waals surface area contributed by atoms with Crippen LogP contribution in [0.15, 0.2) is 24.3 Å². The van der Waals surface area contributed by atoms with Gasteiger partial charge >= 0.3 is 12.3 Å². The van der Waals surface area contributed by atoms with Crippen molar-refractivity contribution < 1.29 is 27.9 Å². The average molecular weight is 332 g/mol. The van der Waals surface area contributed by atoms with Crippen LogP contribution in [0.3, 0.4) is 0 Å². The van der Waals surface area contributed by atoms with Gasteiger partial charge in [0.05, 0.1) is 5.56 Å². The summed E-state index contributed by atoms with van der Waals surface area (Å²) >= 11 is 0. The second-order valence-electron chi connectivity index (χ2n) is 6.30. The van der Waals surface area contributed by atoms with Gasteiger partial charge in [-0.05, 0) is 45.4 Å². The number of carbonyl (C=O) groups excluding carboxylic acids is 1. The monoisotopic (exact) mass is 332 g/mol. The Morgan fingerprint density at radius 1 is 1.09 bits per heavy atom. The van der Waals surface area contributed by atoms with Crippen LogP contribution in [0.5, 0.6) is 0 Å². The Balaban J connectivity index is 3.64. The van der Waals surface area contributed by atoms with Crippen LogP contribution in [0, 0.1) is 0 Å². The third kappa shape index (κ3) is 3.57. The lowest BCUT2D eigenvalue weighted by atomic mass is 9.85. The van der Waals surface area contributed by atoms with Crippen molar-refractivity contribution in [3.05, 3.63) is 35.4 Å². The molecule has 0 bridgehead atoms. The molecule has 1 atom stereocenters. The number of alkyl halides is 3. The molecule has 0 saturated carbocycles. The second-order valence-corrected chi connectivity index (χ2v) is 6.30. The summed E-state index contributed by atoms with van der Waals surface area (Å²) in [6.45, 7) is 5.77. The lowest BCUT2D eigenvalue weighted by Gasteiger charge is -2.45. The molecule has 2 amide bonds. The summed E-state index contributed by atoms with van der Waals surface area (Å²) in [5.74, 6) is -1.06. The minimum atomic E-state index is -4.62. The van der Waals surface area contributed by atoms with Gasteiger partial charge < -0.3 is 10.8 Å². The number of amides is 2. The summed E-state index contributed by atoms with van der Waals surface area (Å²) in [6, 6.07) is 3.95. The van der Waals surface area contributed by atoms with Crippen LogP contribution in [0.25, 0.3) is 0 Å². The Bertz CT molecular complexity index is 623. The first kappa shape index (κ1) is 18.8. The minimum Gasteiger partial charge on any atom is -0.465 e. The van der Waals surface area contributed by atoms with Gasteiger partial charge in [-0.3, -0.25) is 9.69 Å². The van der Waals surface area contributed by atoms with Gasteiger partial charge in [-0.25, -0.2) is 4.79 Å². The van der Waals surface area contributed by atoms with Crippen molar-refractivity contribution in [3.63, 3.8) is 0 Å². The number of halogens is 3. The van der Waals surface area contributed by atoms with Gasteiger partial charge in [0.25, 0.3) is 0 Å². The highest BCUT2D eigenvalue weighted by atomic mass is 19.4. The molecule has 0 fully saturated rings. The summed E-state index contributed by atoms with van der Waals surface area (Å²) in [6.07, 6.45) is -6.08. The van der Waals surface area contributed by atoms with Crippen molar-refractivity contribution in [3.8, 4) is 0 Å². The van der Waals surface area contributed by atoms with Crippen molar-refractivity contribution in [2.45, 2.75) is 44.9 Å². The standard InChI is InChI=1S/C15H19F3N2O3/c1-13(2,3)20(12(22)23)14(4,11(19)21)9-6-5-7-10(8-9)15(16,17)18/h5-8H,1-4H3,(H2,19,21)(H,22,23)/t14-/m0/s1. The summed E-state index contributed by atoms with van der Waals surface area (Å²) in [4.78, 5) is 24.4. The summed E-state index contributed by atoms with van der Waals surface area (Å²) in [5.41, 5.74) is 1.23. The van der Waals surface area contributed by atoms with E-state index in [1.165, 1.54) is 33.8 Å². The maximum atomic E-state index is 12.9. The molecule has 0 heterocycles. The number of nitrogens with two attached hydrogens (primary N) is 1. The largest absolute Gasteiger partial charge is 0.465 e. The molecular formula is C15H19F3N2O3. The van der Waals surface area contributed by atoms with E-state index in [0.717, 1.165) is 23.1 Å². The van der Waals surface area contributed by atoms with E-state index in [1.54, 1.807) is 0 Å². The number of hydrogen-bond acceptors (Lipinski definition) is 2. The minimum absolute atomic E-state index is 0.142. The number of benzene rings is 1. The van der Waals surface area contributed by atoms with Crippen LogP contribution in [-0.4, -0.2) is 27.5 Å². The number of carbonyl (C=O) groups is 2. The zero-order valence-corrected chi connectivity index (χ0v) is 13.2. The van der Waals surface area contributed by atoms with Gasteiger partial charge in [-0.2, -0.15) is 13.2 Å². The summed E-state index contributed by atoms with van der Waals surface area (Å²) in [7, 11) is 0. The van der Waals surface area contributed by atoms with E-state index in [1.807, 2.05) is 0 Å². The molecule has 5 nitrogen and oxygen atoms in total. The molecule has 0 saturated heterocycles. The summed E-state index contributed by atoms with van der Waals surface area (Å²) < 4.78 is 38.7. The highest BCUT2D eigenvalue weighted by Gasteiger charge is 2.48. The fraction of sp³-hybridized carbons (Fsp3) is 0.467. The number of carboxylic acid groups (broad SMARTS) is 1. The zero-order valence-electron chi connectivity index (χ0n) is 13.2. The van der Waals surface area contributed by atoms with Gasteiger partial charge in [0.1, 0.15) is 5.54 Å². The smallest absolute Gasteiger partial charge is 0.416 e. The topological polar surface area (TPSA) is 83.6 Å². The molecule has 0 unspecified atom stereocenters. The van der Waals surface area contributed by atoms with Crippen molar-refractivity contribution in [1.82, 2.24) is 4.90 Å². The van der Waals surface area contributed by atoms with Crippen LogP contribution in [0.4, 0.5) is 18.0 Å².